The van der Waals surface area contributed by atoms with Crippen LogP contribution in [0.5, 0.6) is 11.5 Å². The van der Waals surface area contributed by atoms with Crippen LogP contribution >= 0.6 is 0 Å². The maximum absolute atomic E-state index is 11.2. The summed E-state index contributed by atoms with van der Waals surface area (Å²) in [5.74, 6) is 1.55. The molecule has 9 nitrogen and oxygen atoms in total. The van der Waals surface area contributed by atoms with E-state index in [1.165, 1.54) is 20.3 Å². The van der Waals surface area contributed by atoms with Gasteiger partial charge in [0.1, 0.15) is 6.61 Å². The van der Waals surface area contributed by atoms with Crippen molar-refractivity contribution in [2.24, 2.45) is 0 Å². The van der Waals surface area contributed by atoms with E-state index in [1.54, 1.807) is 29.2 Å². The number of benzene rings is 1. The zero-order chi connectivity index (χ0) is 19.1. The van der Waals surface area contributed by atoms with Crippen molar-refractivity contribution in [2.75, 3.05) is 38.9 Å². The summed E-state index contributed by atoms with van der Waals surface area (Å²) in [6.45, 7) is 0.0985. The van der Waals surface area contributed by atoms with Crippen LogP contribution in [0.25, 0.3) is 6.08 Å². The fraction of sp³-hybridized carbons (Fsp3) is 0.294. The van der Waals surface area contributed by atoms with Gasteiger partial charge in [-0.15, -0.1) is 0 Å². The normalized spacial score (nSPS) is 10.6. The zero-order valence-corrected chi connectivity index (χ0v) is 15.1. The highest BCUT2D eigenvalue weighted by atomic mass is 16.5. The Morgan fingerprint density at radius 3 is 2.62 bits per heavy atom. The molecule has 0 unspecified atom stereocenters. The summed E-state index contributed by atoms with van der Waals surface area (Å²) in [6, 6.07) is 5.25. The third-order valence-corrected chi connectivity index (χ3v) is 3.24. The van der Waals surface area contributed by atoms with E-state index in [4.69, 9.17) is 15.2 Å². The summed E-state index contributed by atoms with van der Waals surface area (Å²) < 4.78 is 15.6. The van der Waals surface area contributed by atoms with Crippen LogP contribution in [0, 0.1) is 0 Å². The minimum atomic E-state index is -0.437. The quantitative estimate of drug-likeness (QED) is 0.577. The Bertz CT molecular complexity index is 808. The molecule has 1 aromatic heterocycles. The third kappa shape index (κ3) is 5.07. The van der Waals surface area contributed by atoms with Crippen LogP contribution in [0.2, 0.25) is 0 Å². The lowest BCUT2D eigenvalue weighted by Crippen LogP contribution is -2.17. The molecule has 0 atom stereocenters. The highest BCUT2D eigenvalue weighted by Crippen LogP contribution is 2.29. The predicted molar refractivity (Wildman–Crippen MR) is 96.9 cm³/mol. The first-order valence-electron chi connectivity index (χ1n) is 7.67. The largest absolute Gasteiger partial charge is 0.493 e. The number of ether oxygens (including phenoxy) is 3. The monoisotopic (exact) mass is 359 g/mol. The lowest BCUT2D eigenvalue weighted by atomic mass is 10.2. The summed E-state index contributed by atoms with van der Waals surface area (Å²) >= 11 is 0. The maximum Gasteiger partial charge on any atom is 0.330 e. The molecule has 0 amide bonds. The van der Waals surface area contributed by atoms with Gasteiger partial charge in [-0.25, -0.2) is 4.79 Å². The molecular formula is C17H21N5O4. The molecule has 0 radical (unpaired) electrons. The molecule has 0 spiro atoms. The van der Waals surface area contributed by atoms with Crippen molar-refractivity contribution in [3.63, 3.8) is 0 Å². The Balaban J connectivity index is 2.14. The molecule has 1 heterocycles. The van der Waals surface area contributed by atoms with Crippen LogP contribution in [0.1, 0.15) is 11.4 Å². The van der Waals surface area contributed by atoms with Crippen molar-refractivity contribution in [3.8, 4) is 11.5 Å². The van der Waals surface area contributed by atoms with Gasteiger partial charge in [-0.05, 0) is 23.8 Å². The van der Waals surface area contributed by atoms with E-state index in [0.717, 1.165) is 5.56 Å². The Kier molecular flexibility index (Phi) is 6.31. The van der Waals surface area contributed by atoms with E-state index < -0.39 is 5.97 Å². The minimum absolute atomic E-state index is 0.0985. The van der Waals surface area contributed by atoms with Crippen molar-refractivity contribution >= 4 is 23.9 Å². The summed E-state index contributed by atoms with van der Waals surface area (Å²) in [5.41, 5.74) is 6.46. The summed E-state index contributed by atoms with van der Waals surface area (Å²) in [4.78, 5) is 25.3. The van der Waals surface area contributed by atoms with E-state index in [9.17, 15) is 4.79 Å². The van der Waals surface area contributed by atoms with Gasteiger partial charge < -0.3 is 24.8 Å². The van der Waals surface area contributed by atoms with Gasteiger partial charge in [-0.3, -0.25) is 0 Å². The van der Waals surface area contributed by atoms with Gasteiger partial charge in [-0.2, -0.15) is 15.0 Å². The molecule has 0 aliphatic carbocycles. The van der Waals surface area contributed by atoms with Crippen LogP contribution in [-0.2, 0) is 16.1 Å². The van der Waals surface area contributed by atoms with Crippen LogP contribution in [0.3, 0.4) is 0 Å². The number of anilines is 2. The van der Waals surface area contributed by atoms with Crippen molar-refractivity contribution < 1.29 is 19.0 Å². The topological polar surface area (TPSA) is 113 Å². The van der Waals surface area contributed by atoms with E-state index in [1.807, 2.05) is 14.1 Å². The average molecular weight is 359 g/mol. The Labute approximate surface area is 151 Å². The molecule has 2 rings (SSSR count). The highest BCUT2D eigenvalue weighted by Gasteiger charge is 2.10. The number of esters is 1. The number of methoxy groups -OCH3 is 2. The van der Waals surface area contributed by atoms with Crippen LogP contribution in [-0.4, -0.2) is 49.2 Å². The molecule has 0 aliphatic rings. The number of rotatable bonds is 7. The number of carbonyl (C=O) groups excluding carboxylic acids is 1. The van der Waals surface area contributed by atoms with Gasteiger partial charge in [0.05, 0.1) is 14.2 Å². The molecule has 9 heteroatoms. The smallest absolute Gasteiger partial charge is 0.330 e. The molecule has 0 fully saturated rings. The highest BCUT2D eigenvalue weighted by molar-refractivity contribution is 5.87. The molecule has 26 heavy (non-hydrogen) atoms. The third-order valence-electron chi connectivity index (χ3n) is 3.24. The Hall–Kier alpha value is -3.36. The number of carbonyl (C=O) groups is 1. The van der Waals surface area contributed by atoms with Crippen molar-refractivity contribution in [3.05, 3.63) is 35.7 Å². The van der Waals surface area contributed by atoms with Crippen molar-refractivity contribution in [2.45, 2.75) is 6.61 Å². The molecule has 1 aromatic carbocycles. The van der Waals surface area contributed by atoms with Gasteiger partial charge in [-0.1, -0.05) is 6.07 Å². The molecule has 138 valence electrons. The molecule has 0 saturated carbocycles. The fourth-order valence-corrected chi connectivity index (χ4v) is 1.97. The number of aromatic nitrogens is 3. The average Bonchev–Trinajstić information content (AvgIpc) is 2.64. The van der Waals surface area contributed by atoms with Gasteiger partial charge in [0, 0.05) is 20.2 Å². The number of nitrogen functional groups attached to an aromatic ring is 1. The zero-order valence-electron chi connectivity index (χ0n) is 15.1. The fourth-order valence-electron chi connectivity index (χ4n) is 1.97. The number of nitrogens with zero attached hydrogens (tertiary/aromatic N) is 4. The molecule has 0 aliphatic heterocycles. The van der Waals surface area contributed by atoms with Gasteiger partial charge >= 0.3 is 5.97 Å². The molecular weight excluding hydrogens is 338 g/mol. The molecule has 0 saturated heterocycles. The lowest BCUT2D eigenvalue weighted by molar-refractivity contribution is -0.134. The van der Waals surface area contributed by atoms with E-state index in [0.29, 0.717) is 23.3 Å². The summed E-state index contributed by atoms with van der Waals surface area (Å²) in [7, 11) is 6.47. The second-order valence-electron chi connectivity index (χ2n) is 5.36. The number of hydrogen-bond donors (Lipinski definition) is 1. The second-order valence-corrected chi connectivity index (χ2v) is 5.36. The van der Waals surface area contributed by atoms with Crippen molar-refractivity contribution in [1.29, 1.82) is 0 Å². The maximum atomic E-state index is 11.2. The Morgan fingerprint density at radius 2 is 1.96 bits per heavy atom. The standard InChI is InChI=1S/C17H21N5O4/c1-22(2)17-20-14(19-16(18)21-17)10-26-12-7-5-11(9-13(12)24-3)6-8-15(23)25-4/h5-9H,10H2,1-4H3,(H2,18,19,20,21)/b8-6+. The van der Waals surface area contributed by atoms with Crippen molar-refractivity contribution in [1.82, 2.24) is 15.0 Å². The van der Waals surface area contributed by atoms with Crippen LogP contribution in [0.4, 0.5) is 11.9 Å². The predicted octanol–water partition coefficient (Wildman–Crippen LogP) is 1.29. The SMILES string of the molecule is COC(=O)/C=C/c1ccc(OCc2nc(N)nc(N(C)C)n2)c(OC)c1. The van der Waals surface area contributed by atoms with Crippen LogP contribution in [0.15, 0.2) is 24.3 Å². The Morgan fingerprint density at radius 1 is 1.19 bits per heavy atom. The minimum Gasteiger partial charge on any atom is -0.493 e. The summed E-state index contributed by atoms with van der Waals surface area (Å²) in [5, 5.41) is 0. The number of hydrogen-bond acceptors (Lipinski definition) is 9. The first-order valence-corrected chi connectivity index (χ1v) is 7.67. The lowest BCUT2D eigenvalue weighted by Gasteiger charge is -2.13. The molecule has 2 N–H and O–H groups in total. The first kappa shape index (κ1) is 19.0. The van der Waals surface area contributed by atoms with Gasteiger partial charge in [0.25, 0.3) is 0 Å². The number of nitrogens with two attached hydrogens (primary N) is 1. The first-order chi connectivity index (χ1) is 12.4. The van der Waals surface area contributed by atoms with E-state index in [2.05, 4.69) is 19.7 Å². The van der Waals surface area contributed by atoms with E-state index in [-0.39, 0.29) is 12.6 Å². The summed E-state index contributed by atoms with van der Waals surface area (Å²) in [6.07, 6.45) is 2.94. The second kappa shape index (κ2) is 8.65. The van der Waals surface area contributed by atoms with Gasteiger partial charge in [0.15, 0.2) is 17.3 Å². The van der Waals surface area contributed by atoms with Gasteiger partial charge in [0.2, 0.25) is 11.9 Å². The molecule has 0 bridgehead atoms. The van der Waals surface area contributed by atoms with E-state index >= 15 is 0 Å². The molecule has 2 aromatic rings. The van der Waals surface area contributed by atoms with Crippen LogP contribution < -0.4 is 20.1 Å².